The van der Waals surface area contributed by atoms with Crippen LogP contribution in [0.3, 0.4) is 0 Å². The van der Waals surface area contributed by atoms with Crippen molar-refractivity contribution in [2.24, 2.45) is 0 Å². The van der Waals surface area contributed by atoms with E-state index >= 15 is 0 Å². The lowest BCUT2D eigenvalue weighted by molar-refractivity contribution is -0.0231. The number of nitrogens with one attached hydrogen (secondary N) is 1. The second-order valence-electron chi connectivity index (χ2n) is 5.84. The Morgan fingerprint density at radius 2 is 2.04 bits per heavy atom. The van der Waals surface area contributed by atoms with Gasteiger partial charge in [-0.1, -0.05) is 24.3 Å². The summed E-state index contributed by atoms with van der Waals surface area (Å²) < 4.78 is 5.77. The van der Waals surface area contributed by atoms with Crippen LogP contribution >= 0.6 is 0 Å². The van der Waals surface area contributed by atoms with Gasteiger partial charge in [-0.3, -0.25) is 14.6 Å². The second-order valence-corrected chi connectivity index (χ2v) is 5.84. The van der Waals surface area contributed by atoms with Crippen LogP contribution < -0.4 is 5.56 Å². The number of benzene rings is 1. The molecule has 2 aromatic heterocycles. The predicted molar refractivity (Wildman–Crippen MR) is 91.2 cm³/mol. The molecule has 1 aliphatic rings. The van der Waals surface area contributed by atoms with E-state index in [-0.39, 0.29) is 23.3 Å². The van der Waals surface area contributed by atoms with Crippen molar-refractivity contribution in [1.29, 1.82) is 0 Å². The molecule has 1 fully saturated rings. The molecule has 7 nitrogen and oxygen atoms in total. The van der Waals surface area contributed by atoms with E-state index < -0.39 is 0 Å². The van der Waals surface area contributed by atoms with Crippen molar-refractivity contribution in [3.05, 3.63) is 70.4 Å². The molecule has 0 saturated carbocycles. The van der Waals surface area contributed by atoms with Crippen LogP contribution in [-0.2, 0) is 4.74 Å². The third-order valence-electron chi connectivity index (χ3n) is 4.31. The number of pyridine rings is 1. The highest BCUT2D eigenvalue weighted by Crippen LogP contribution is 2.23. The lowest BCUT2D eigenvalue weighted by Crippen LogP contribution is -2.42. The Morgan fingerprint density at radius 1 is 1.20 bits per heavy atom. The first kappa shape index (κ1) is 15.5. The molecule has 1 N–H and O–H groups in total. The van der Waals surface area contributed by atoms with Crippen LogP contribution in [0.4, 0.5) is 0 Å². The summed E-state index contributed by atoms with van der Waals surface area (Å²) in [6, 6.07) is 10.8. The van der Waals surface area contributed by atoms with Gasteiger partial charge < -0.3 is 9.64 Å². The van der Waals surface area contributed by atoms with Gasteiger partial charge in [0.15, 0.2) is 5.69 Å². The highest BCUT2D eigenvalue weighted by Gasteiger charge is 2.28. The van der Waals surface area contributed by atoms with Crippen molar-refractivity contribution in [3.8, 4) is 0 Å². The number of fused-ring (bicyclic) bond motifs is 1. The van der Waals surface area contributed by atoms with Gasteiger partial charge in [0.2, 0.25) is 0 Å². The van der Waals surface area contributed by atoms with E-state index in [2.05, 4.69) is 15.2 Å². The normalized spacial score (nSPS) is 17.6. The van der Waals surface area contributed by atoms with E-state index in [0.717, 1.165) is 5.56 Å². The van der Waals surface area contributed by atoms with Gasteiger partial charge in [-0.25, -0.2) is 5.10 Å². The summed E-state index contributed by atoms with van der Waals surface area (Å²) in [5, 5.41) is 7.42. The molecule has 0 radical (unpaired) electrons. The molecule has 25 heavy (non-hydrogen) atoms. The van der Waals surface area contributed by atoms with E-state index in [4.69, 9.17) is 4.74 Å². The van der Waals surface area contributed by atoms with Crippen LogP contribution in [0.25, 0.3) is 10.8 Å². The van der Waals surface area contributed by atoms with Gasteiger partial charge in [-0.05, 0) is 12.1 Å². The number of aromatic amines is 1. The number of amides is 1. The van der Waals surface area contributed by atoms with Crippen LogP contribution in [0.5, 0.6) is 0 Å². The van der Waals surface area contributed by atoms with E-state index in [9.17, 15) is 9.59 Å². The molecule has 1 atom stereocenters. The summed E-state index contributed by atoms with van der Waals surface area (Å²) in [6.45, 7) is 1.33. The molecule has 0 unspecified atom stereocenters. The Balaban J connectivity index is 1.65. The Bertz CT molecular complexity index is 971. The number of carbonyl (C=O) groups excluding carboxylic acids is 1. The number of ether oxygens (including phenoxy) is 1. The Labute approximate surface area is 143 Å². The molecule has 0 spiro atoms. The maximum absolute atomic E-state index is 13.0. The number of morpholine rings is 1. The quantitative estimate of drug-likeness (QED) is 0.767. The fourth-order valence-corrected chi connectivity index (χ4v) is 3.03. The Kier molecular flexibility index (Phi) is 3.99. The Hall–Kier alpha value is -3.06. The molecule has 4 rings (SSSR count). The highest BCUT2D eigenvalue weighted by atomic mass is 16.5. The smallest absolute Gasteiger partial charge is 0.275 e. The number of H-pyrrole nitrogens is 1. The Morgan fingerprint density at radius 3 is 2.84 bits per heavy atom. The molecule has 0 bridgehead atoms. The minimum Gasteiger partial charge on any atom is -0.370 e. The molecular formula is C18H16N4O3. The summed E-state index contributed by atoms with van der Waals surface area (Å²) >= 11 is 0. The lowest BCUT2D eigenvalue weighted by atomic mass is 10.1. The fourth-order valence-electron chi connectivity index (χ4n) is 3.03. The summed E-state index contributed by atoms with van der Waals surface area (Å²) in [7, 11) is 0. The third kappa shape index (κ3) is 2.89. The van der Waals surface area contributed by atoms with Gasteiger partial charge >= 0.3 is 0 Å². The van der Waals surface area contributed by atoms with Crippen LogP contribution in [0.2, 0.25) is 0 Å². The summed E-state index contributed by atoms with van der Waals surface area (Å²) in [5.41, 5.74) is 0.878. The van der Waals surface area contributed by atoms with Crippen molar-refractivity contribution < 1.29 is 9.53 Å². The van der Waals surface area contributed by atoms with Gasteiger partial charge in [0.1, 0.15) is 6.10 Å². The van der Waals surface area contributed by atoms with Gasteiger partial charge in [-0.15, -0.1) is 0 Å². The molecule has 0 aliphatic carbocycles. The molecule has 3 aromatic rings. The van der Waals surface area contributed by atoms with Gasteiger partial charge in [0.05, 0.1) is 18.5 Å². The van der Waals surface area contributed by atoms with Crippen LogP contribution in [0.15, 0.2) is 53.6 Å². The van der Waals surface area contributed by atoms with E-state index in [1.807, 2.05) is 12.1 Å². The summed E-state index contributed by atoms with van der Waals surface area (Å²) in [4.78, 5) is 30.7. The minimum atomic E-state index is -0.303. The van der Waals surface area contributed by atoms with Crippen molar-refractivity contribution in [2.75, 3.05) is 19.7 Å². The minimum absolute atomic E-state index is 0.218. The number of rotatable bonds is 2. The monoisotopic (exact) mass is 336 g/mol. The van der Waals surface area contributed by atoms with Gasteiger partial charge in [0.25, 0.3) is 11.5 Å². The maximum atomic E-state index is 13.0. The largest absolute Gasteiger partial charge is 0.370 e. The average Bonchev–Trinajstić information content (AvgIpc) is 2.69. The first-order chi connectivity index (χ1) is 12.2. The lowest BCUT2D eigenvalue weighted by Gasteiger charge is -2.33. The molecule has 1 amide bonds. The third-order valence-corrected chi connectivity index (χ3v) is 4.31. The maximum Gasteiger partial charge on any atom is 0.275 e. The number of aromatic nitrogens is 3. The second kappa shape index (κ2) is 6.45. The highest BCUT2D eigenvalue weighted by molar-refractivity contribution is 6.04. The van der Waals surface area contributed by atoms with E-state index in [0.29, 0.717) is 30.5 Å². The number of hydrogen-bond donors (Lipinski definition) is 1. The van der Waals surface area contributed by atoms with E-state index in [1.165, 1.54) is 0 Å². The molecule has 7 heteroatoms. The van der Waals surface area contributed by atoms with Crippen LogP contribution in [0.1, 0.15) is 22.2 Å². The van der Waals surface area contributed by atoms with Crippen molar-refractivity contribution in [1.82, 2.24) is 20.1 Å². The topological polar surface area (TPSA) is 88.2 Å². The van der Waals surface area contributed by atoms with Crippen LogP contribution in [-0.4, -0.2) is 45.7 Å². The first-order valence-electron chi connectivity index (χ1n) is 8.02. The summed E-state index contributed by atoms with van der Waals surface area (Å²) in [5.74, 6) is -0.218. The number of hydrogen-bond acceptors (Lipinski definition) is 5. The summed E-state index contributed by atoms with van der Waals surface area (Å²) in [6.07, 6.45) is 3.22. The molecule has 1 saturated heterocycles. The number of carbonyl (C=O) groups is 1. The van der Waals surface area contributed by atoms with Crippen LogP contribution in [0, 0.1) is 0 Å². The molecule has 3 heterocycles. The average molecular weight is 336 g/mol. The van der Waals surface area contributed by atoms with Gasteiger partial charge in [0, 0.05) is 29.9 Å². The van der Waals surface area contributed by atoms with Gasteiger partial charge in [-0.2, -0.15) is 5.10 Å². The number of nitrogens with zero attached hydrogens (tertiary/aromatic N) is 3. The molecule has 126 valence electrons. The zero-order chi connectivity index (χ0) is 17.2. The zero-order valence-corrected chi connectivity index (χ0v) is 13.4. The SMILES string of the molecule is O=C(c1n[nH]c(=O)c2ccccc12)N1CCO[C@H](c2cccnc2)C1. The molecular weight excluding hydrogens is 320 g/mol. The molecule has 1 aromatic carbocycles. The standard InChI is InChI=1S/C18H16N4O3/c23-17-14-6-2-1-5-13(14)16(20-21-17)18(24)22-8-9-25-15(11-22)12-4-3-7-19-10-12/h1-7,10,15H,8-9,11H2,(H,21,23)/t15-/m0/s1. The zero-order valence-electron chi connectivity index (χ0n) is 13.4. The fraction of sp³-hybridized carbons (Fsp3) is 0.222. The van der Waals surface area contributed by atoms with E-state index in [1.54, 1.807) is 41.6 Å². The predicted octanol–water partition coefficient (Wildman–Crippen LogP) is 1.53. The molecule has 1 aliphatic heterocycles. The van der Waals surface area contributed by atoms with Crippen molar-refractivity contribution in [3.63, 3.8) is 0 Å². The first-order valence-corrected chi connectivity index (χ1v) is 8.02. The van der Waals surface area contributed by atoms with Crippen molar-refractivity contribution >= 4 is 16.7 Å². The van der Waals surface area contributed by atoms with Crippen molar-refractivity contribution in [2.45, 2.75) is 6.10 Å².